The van der Waals surface area contributed by atoms with Gasteiger partial charge in [0.2, 0.25) is 0 Å². The number of aromatic nitrogens is 4. The quantitative estimate of drug-likeness (QED) is 0.714. The van der Waals surface area contributed by atoms with Gasteiger partial charge in [0, 0.05) is 18.0 Å². The summed E-state index contributed by atoms with van der Waals surface area (Å²) < 4.78 is 1.57. The SMILES string of the molecule is NC(=S)c1cnn(-c2cccnn2)c1. The fraction of sp³-hybridized carbons (Fsp3) is 0. The van der Waals surface area contributed by atoms with Crippen LogP contribution in [0.4, 0.5) is 0 Å². The predicted octanol–water partition coefficient (Wildman–Crippen LogP) is 0.297. The Kier molecular flexibility index (Phi) is 2.19. The van der Waals surface area contributed by atoms with E-state index in [0.29, 0.717) is 16.4 Å². The first-order valence-electron chi connectivity index (χ1n) is 3.90. The van der Waals surface area contributed by atoms with Gasteiger partial charge in [-0.3, -0.25) is 0 Å². The van der Waals surface area contributed by atoms with Gasteiger partial charge in [-0.15, -0.1) is 5.10 Å². The summed E-state index contributed by atoms with van der Waals surface area (Å²) in [5, 5.41) is 11.7. The molecular weight excluding hydrogens is 198 g/mol. The molecule has 0 aromatic carbocycles. The third kappa shape index (κ3) is 1.60. The molecule has 0 spiro atoms. The molecule has 0 amide bonds. The smallest absolute Gasteiger partial charge is 0.175 e. The van der Waals surface area contributed by atoms with Crippen molar-refractivity contribution < 1.29 is 0 Å². The minimum absolute atomic E-state index is 0.320. The van der Waals surface area contributed by atoms with Gasteiger partial charge in [-0.05, 0) is 12.1 Å². The van der Waals surface area contributed by atoms with Gasteiger partial charge in [-0.2, -0.15) is 10.2 Å². The number of hydrogen-bond donors (Lipinski definition) is 1. The average Bonchev–Trinajstić information content (AvgIpc) is 2.68. The fourth-order valence-corrected chi connectivity index (χ4v) is 1.10. The first-order valence-corrected chi connectivity index (χ1v) is 4.31. The Bertz CT molecular complexity index is 450. The van der Waals surface area contributed by atoms with E-state index in [2.05, 4.69) is 15.3 Å². The van der Waals surface area contributed by atoms with Gasteiger partial charge >= 0.3 is 0 Å². The zero-order valence-electron chi connectivity index (χ0n) is 7.16. The largest absolute Gasteiger partial charge is 0.389 e. The molecule has 2 rings (SSSR count). The molecule has 0 saturated heterocycles. The predicted molar refractivity (Wildman–Crippen MR) is 55.0 cm³/mol. The summed E-state index contributed by atoms with van der Waals surface area (Å²) in [6.45, 7) is 0. The molecule has 70 valence electrons. The highest BCUT2D eigenvalue weighted by atomic mass is 32.1. The fourth-order valence-electron chi connectivity index (χ4n) is 0.991. The third-order valence-electron chi connectivity index (χ3n) is 1.66. The molecule has 0 aliphatic heterocycles. The molecule has 0 fully saturated rings. The lowest BCUT2D eigenvalue weighted by atomic mass is 10.4. The normalized spacial score (nSPS) is 10.0. The molecule has 14 heavy (non-hydrogen) atoms. The van der Waals surface area contributed by atoms with Crippen LogP contribution in [0.15, 0.2) is 30.7 Å². The van der Waals surface area contributed by atoms with E-state index in [1.54, 1.807) is 35.4 Å². The molecule has 0 aliphatic carbocycles. The van der Waals surface area contributed by atoms with Crippen molar-refractivity contribution in [2.45, 2.75) is 0 Å². The topological polar surface area (TPSA) is 69.6 Å². The highest BCUT2D eigenvalue weighted by Gasteiger charge is 2.02. The maximum atomic E-state index is 5.45. The zero-order valence-corrected chi connectivity index (χ0v) is 7.98. The van der Waals surface area contributed by atoms with Crippen LogP contribution in [0.5, 0.6) is 0 Å². The summed E-state index contributed by atoms with van der Waals surface area (Å²) >= 11 is 4.81. The van der Waals surface area contributed by atoms with Gasteiger partial charge in [0.15, 0.2) is 5.82 Å². The molecule has 0 unspecified atom stereocenters. The molecular formula is C8H7N5S. The molecule has 2 aromatic heterocycles. The Morgan fingerprint density at radius 1 is 1.50 bits per heavy atom. The lowest BCUT2D eigenvalue weighted by molar-refractivity contribution is 0.814. The van der Waals surface area contributed by atoms with Crippen molar-refractivity contribution in [1.82, 2.24) is 20.0 Å². The van der Waals surface area contributed by atoms with Gasteiger partial charge < -0.3 is 5.73 Å². The van der Waals surface area contributed by atoms with E-state index in [9.17, 15) is 0 Å². The summed E-state index contributed by atoms with van der Waals surface area (Å²) in [4.78, 5) is 0.320. The van der Waals surface area contributed by atoms with Crippen LogP contribution in [0, 0.1) is 0 Å². The van der Waals surface area contributed by atoms with E-state index in [0.717, 1.165) is 0 Å². The van der Waals surface area contributed by atoms with Crippen molar-refractivity contribution in [3.63, 3.8) is 0 Å². The molecule has 2 N–H and O–H groups in total. The first-order chi connectivity index (χ1) is 6.77. The van der Waals surface area contributed by atoms with Crippen molar-refractivity contribution >= 4 is 17.2 Å². The van der Waals surface area contributed by atoms with Crippen LogP contribution in [-0.2, 0) is 0 Å². The van der Waals surface area contributed by atoms with Crippen LogP contribution in [0.2, 0.25) is 0 Å². The first kappa shape index (κ1) is 8.76. The van der Waals surface area contributed by atoms with E-state index in [4.69, 9.17) is 18.0 Å². The number of thiocarbonyl (C=S) groups is 1. The lowest BCUT2D eigenvalue weighted by Crippen LogP contribution is -2.08. The highest BCUT2D eigenvalue weighted by molar-refractivity contribution is 7.80. The van der Waals surface area contributed by atoms with Crippen LogP contribution in [0.1, 0.15) is 5.56 Å². The van der Waals surface area contributed by atoms with E-state index < -0.39 is 0 Å². The number of hydrogen-bond acceptors (Lipinski definition) is 4. The van der Waals surface area contributed by atoms with Crippen molar-refractivity contribution in [3.05, 3.63) is 36.3 Å². The van der Waals surface area contributed by atoms with Crippen LogP contribution in [-0.4, -0.2) is 25.0 Å². The van der Waals surface area contributed by atoms with Gasteiger partial charge in [-0.1, -0.05) is 12.2 Å². The van der Waals surface area contributed by atoms with Gasteiger partial charge in [0.1, 0.15) is 4.99 Å². The van der Waals surface area contributed by atoms with E-state index >= 15 is 0 Å². The Morgan fingerprint density at radius 3 is 2.93 bits per heavy atom. The molecule has 5 nitrogen and oxygen atoms in total. The summed E-state index contributed by atoms with van der Waals surface area (Å²) in [6, 6.07) is 3.58. The second kappa shape index (κ2) is 3.51. The Balaban J connectivity index is 2.39. The Morgan fingerprint density at radius 2 is 2.36 bits per heavy atom. The van der Waals surface area contributed by atoms with E-state index in [1.807, 2.05) is 0 Å². The van der Waals surface area contributed by atoms with Crippen molar-refractivity contribution in [2.24, 2.45) is 5.73 Å². The molecule has 0 radical (unpaired) electrons. The molecule has 6 heteroatoms. The van der Waals surface area contributed by atoms with Crippen LogP contribution in [0.25, 0.3) is 5.82 Å². The second-order valence-corrected chi connectivity index (χ2v) is 3.06. The molecule has 0 atom stereocenters. The molecule has 0 saturated carbocycles. The summed E-state index contributed by atoms with van der Waals surface area (Å²) in [5.41, 5.74) is 6.16. The van der Waals surface area contributed by atoms with Gasteiger partial charge in [-0.25, -0.2) is 4.68 Å². The minimum Gasteiger partial charge on any atom is -0.389 e. The Labute approximate surface area is 85.6 Å². The molecule has 0 bridgehead atoms. The van der Waals surface area contributed by atoms with Crippen LogP contribution in [0.3, 0.4) is 0 Å². The van der Waals surface area contributed by atoms with E-state index in [1.165, 1.54) is 0 Å². The van der Waals surface area contributed by atoms with Crippen LogP contribution < -0.4 is 5.73 Å². The molecule has 2 heterocycles. The third-order valence-corrected chi connectivity index (χ3v) is 1.90. The van der Waals surface area contributed by atoms with Crippen molar-refractivity contribution in [2.75, 3.05) is 0 Å². The highest BCUT2D eigenvalue weighted by Crippen LogP contribution is 2.03. The molecule has 0 aliphatic rings. The maximum Gasteiger partial charge on any atom is 0.175 e. The van der Waals surface area contributed by atoms with Gasteiger partial charge in [0.05, 0.1) is 6.20 Å². The summed E-state index contributed by atoms with van der Waals surface area (Å²) in [7, 11) is 0. The standard InChI is InChI=1S/C8H7N5S/c9-8(14)6-4-11-13(5-6)7-2-1-3-10-12-7/h1-5H,(H2,9,14). The second-order valence-electron chi connectivity index (χ2n) is 2.62. The number of rotatable bonds is 2. The average molecular weight is 205 g/mol. The number of nitrogens with two attached hydrogens (primary N) is 1. The zero-order chi connectivity index (χ0) is 9.97. The summed E-state index contributed by atoms with van der Waals surface area (Å²) in [5.74, 6) is 0.634. The van der Waals surface area contributed by atoms with E-state index in [-0.39, 0.29) is 0 Å². The van der Waals surface area contributed by atoms with Gasteiger partial charge in [0.25, 0.3) is 0 Å². The van der Waals surface area contributed by atoms with Crippen molar-refractivity contribution in [1.29, 1.82) is 0 Å². The monoisotopic (exact) mass is 205 g/mol. The minimum atomic E-state index is 0.320. The summed E-state index contributed by atoms with van der Waals surface area (Å²) in [6.07, 6.45) is 4.91. The molecule has 2 aromatic rings. The van der Waals surface area contributed by atoms with Crippen molar-refractivity contribution in [3.8, 4) is 5.82 Å². The lowest BCUT2D eigenvalue weighted by Gasteiger charge is -1.96. The maximum absolute atomic E-state index is 5.45. The Hall–Kier alpha value is -1.82. The number of nitrogens with zero attached hydrogens (tertiary/aromatic N) is 4. The van der Waals surface area contributed by atoms with Crippen LogP contribution >= 0.6 is 12.2 Å².